The lowest BCUT2D eigenvalue weighted by molar-refractivity contribution is 0.276. The van der Waals surface area contributed by atoms with E-state index < -0.39 is 0 Å². The lowest BCUT2D eigenvalue weighted by atomic mass is 9.72. The molecule has 1 aromatic carbocycles. The molecule has 88 valence electrons. The summed E-state index contributed by atoms with van der Waals surface area (Å²) in [4.78, 5) is 5.53. The van der Waals surface area contributed by atoms with Crippen molar-refractivity contribution < 1.29 is 0 Å². The smallest absolute Gasteiger partial charge is 0.0794 e. The van der Waals surface area contributed by atoms with Gasteiger partial charge >= 0.3 is 0 Å². The summed E-state index contributed by atoms with van der Waals surface area (Å²) >= 11 is 5.24. The van der Waals surface area contributed by atoms with Crippen LogP contribution in [0, 0.1) is 0 Å². The maximum Gasteiger partial charge on any atom is 0.0794 e. The summed E-state index contributed by atoms with van der Waals surface area (Å²) in [6, 6.07) is 8.71. The molecule has 0 radical (unpaired) electrons. The average molecular weight is 309 g/mol. The van der Waals surface area contributed by atoms with Crippen molar-refractivity contribution in [3.05, 3.63) is 50.9 Å². The van der Waals surface area contributed by atoms with Crippen molar-refractivity contribution in [1.29, 1.82) is 0 Å². The lowest BCUT2D eigenvalue weighted by Crippen LogP contribution is -2.58. The van der Waals surface area contributed by atoms with Gasteiger partial charge < -0.3 is 5.32 Å². The molecule has 1 aromatic heterocycles. The number of rotatable bonds is 3. The zero-order chi connectivity index (χ0) is 11.7. The first-order chi connectivity index (χ1) is 8.28. The molecule has 1 saturated heterocycles. The van der Waals surface area contributed by atoms with E-state index >= 15 is 0 Å². The number of hydrogen-bond acceptors (Lipinski definition) is 3. The Morgan fingerprint density at radius 3 is 2.59 bits per heavy atom. The zero-order valence-electron chi connectivity index (χ0n) is 9.32. The number of hydrogen-bond donors (Lipinski definition) is 1. The van der Waals surface area contributed by atoms with Crippen LogP contribution in [0.5, 0.6) is 0 Å². The van der Waals surface area contributed by atoms with Crippen molar-refractivity contribution in [2.75, 3.05) is 13.1 Å². The van der Waals surface area contributed by atoms with E-state index in [9.17, 15) is 0 Å². The second-order valence-corrected chi connectivity index (χ2v) is 6.42. The maximum atomic E-state index is 4.16. The Morgan fingerprint density at radius 2 is 2.06 bits per heavy atom. The van der Waals surface area contributed by atoms with Gasteiger partial charge in [0.05, 0.1) is 5.51 Å². The Balaban J connectivity index is 1.89. The van der Waals surface area contributed by atoms with Gasteiger partial charge in [0, 0.05) is 34.1 Å². The van der Waals surface area contributed by atoms with Crippen molar-refractivity contribution in [3.63, 3.8) is 0 Å². The van der Waals surface area contributed by atoms with Gasteiger partial charge in [0.2, 0.25) is 0 Å². The maximum absolute atomic E-state index is 4.16. The van der Waals surface area contributed by atoms with Gasteiger partial charge in [-0.25, -0.2) is 0 Å². The molecule has 0 amide bonds. The van der Waals surface area contributed by atoms with Gasteiger partial charge in [0.25, 0.3) is 0 Å². The summed E-state index contributed by atoms with van der Waals surface area (Å²) in [6.45, 7) is 2.12. The van der Waals surface area contributed by atoms with E-state index in [1.54, 1.807) is 11.3 Å². The molecule has 2 nitrogen and oxygen atoms in total. The molecule has 2 aromatic rings. The fraction of sp³-hybridized carbons (Fsp3) is 0.308. The number of aromatic nitrogens is 1. The Morgan fingerprint density at radius 1 is 1.29 bits per heavy atom. The van der Waals surface area contributed by atoms with Crippen molar-refractivity contribution in [2.45, 2.75) is 11.8 Å². The van der Waals surface area contributed by atoms with Crippen molar-refractivity contribution in [1.82, 2.24) is 10.3 Å². The van der Waals surface area contributed by atoms with Gasteiger partial charge in [0.15, 0.2) is 0 Å². The third-order valence-corrected chi connectivity index (χ3v) is 4.69. The summed E-state index contributed by atoms with van der Waals surface area (Å²) in [6.07, 6.45) is 3.08. The quantitative estimate of drug-likeness (QED) is 0.943. The predicted octanol–water partition coefficient (Wildman–Crippen LogP) is 2.99. The summed E-state index contributed by atoms with van der Waals surface area (Å²) in [5.74, 6) is 0. The van der Waals surface area contributed by atoms with Gasteiger partial charge in [-0.3, -0.25) is 4.98 Å². The van der Waals surface area contributed by atoms with Crippen LogP contribution in [0.25, 0.3) is 0 Å². The van der Waals surface area contributed by atoms with Crippen LogP contribution < -0.4 is 5.32 Å². The molecule has 1 aliphatic heterocycles. The van der Waals surface area contributed by atoms with Gasteiger partial charge in [-0.2, -0.15) is 0 Å². The highest BCUT2D eigenvalue weighted by molar-refractivity contribution is 9.10. The monoisotopic (exact) mass is 308 g/mol. The van der Waals surface area contributed by atoms with Crippen LogP contribution in [0.1, 0.15) is 10.4 Å². The molecule has 2 heterocycles. The third-order valence-electron chi connectivity index (χ3n) is 3.38. The standard InChI is InChI=1S/C13H13BrN2S/c14-11-3-1-10(2-4-11)13(7-16-8-13)5-12-6-15-9-17-12/h1-4,6,9,16H,5,7-8H2. The minimum Gasteiger partial charge on any atom is -0.315 e. The molecule has 1 N–H and O–H groups in total. The van der Waals surface area contributed by atoms with E-state index in [-0.39, 0.29) is 5.41 Å². The number of benzene rings is 1. The molecule has 4 heteroatoms. The van der Waals surface area contributed by atoms with Crippen molar-refractivity contribution in [3.8, 4) is 0 Å². The number of nitrogens with zero attached hydrogens (tertiary/aromatic N) is 1. The fourth-order valence-corrected chi connectivity index (χ4v) is 3.33. The Bertz CT molecular complexity index is 489. The first-order valence-corrected chi connectivity index (χ1v) is 7.30. The van der Waals surface area contributed by atoms with Crippen molar-refractivity contribution in [2.24, 2.45) is 0 Å². The van der Waals surface area contributed by atoms with E-state index in [0.29, 0.717) is 0 Å². The molecule has 17 heavy (non-hydrogen) atoms. The predicted molar refractivity (Wildman–Crippen MR) is 74.5 cm³/mol. The third kappa shape index (κ3) is 2.17. The molecule has 1 fully saturated rings. The normalized spacial score (nSPS) is 17.7. The van der Waals surface area contributed by atoms with E-state index in [1.807, 2.05) is 11.7 Å². The van der Waals surface area contributed by atoms with E-state index in [2.05, 4.69) is 50.5 Å². The molecule has 3 rings (SSSR count). The Labute approximate surface area is 113 Å². The van der Waals surface area contributed by atoms with Crippen molar-refractivity contribution >= 4 is 27.3 Å². The number of thiazole rings is 1. The number of halogens is 1. The second kappa shape index (κ2) is 4.52. The average Bonchev–Trinajstić information content (AvgIpc) is 2.77. The fourth-order valence-electron chi connectivity index (χ4n) is 2.32. The SMILES string of the molecule is Brc1ccc(C2(Cc3cncs3)CNC2)cc1. The van der Waals surface area contributed by atoms with E-state index in [4.69, 9.17) is 0 Å². The summed E-state index contributed by atoms with van der Waals surface area (Å²) in [5, 5.41) is 3.40. The van der Waals surface area contributed by atoms with Crippen LogP contribution in [-0.4, -0.2) is 18.1 Å². The highest BCUT2D eigenvalue weighted by Gasteiger charge is 2.38. The van der Waals surface area contributed by atoms with Crippen LogP contribution in [0.4, 0.5) is 0 Å². The number of nitrogens with one attached hydrogen (secondary N) is 1. The Hall–Kier alpha value is -0.710. The molecule has 0 bridgehead atoms. The van der Waals surface area contributed by atoms with Crippen LogP contribution in [0.15, 0.2) is 40.4 Å². The minimum absolute atomic E-state index is 0.271. The summed E-state index contributed by atoms with van der Waals surface area (Å²) in [7, 11) is 0. The largest absolute Gasteiger partial charge is 0.315 e. The second-order valence-electron chi connectivity index (χ2n) is 4.54. The van der Waals surface area contributed by atoms with Crippen LogP contribution in [0.2, 0.25) is 0 Å². The summed E-state index contributed by atoms with van der Waals surface area (Å²) < 4.78 is 1.14. The summed E-state index contributed by atoms with van der Waals surface area (Å²) in [5.41, 5.74) is 3.61. The molecule has 0 aliphatic carbocycles. The van der Waals surface area contributed by atoms with Crippen LogP contribution >= 0.6 is 27.3 Å². The molecule has 0 saturated carbocycles. The lowest BCUT2D eigenvalue weighted by Gasteiger charge is -2.43. The topological polar surface area (TPSA) is 24.9 Å². The highest BCUT2D eigenvalue weighted by atomic mass is 79.9. The van der Waals surface area contributed by atoms with Gasteiger partial charge in [-0.05, 0) is 24.1 Å². The van der Waals surface area contributed by atoms with Gasteiger partial charge in [-0.15, -0.1) is 11.3 Å². The minimum atomic E-state index is 0.271. The zero-order valence-corrected chi connectivity index (χ0v) is 11.7. The van der Waals surface area contributed by atoms with Gasteiger partial charge in [-0.1, -0.05) is 28.1 Å². The van der Waals surface area contributed by atoms with E-state index in [1.165, 1.54) is 10.4 Å². The molecule has 0 atom stereocenters. The molecular weight excluding hydrogens is 296 g/mol. The molecule has 0 spiro atoms. The molecule has 0 unspecified atom stereocenters. The highest BCUT2D eigenvalue weighted by Crippen LogP contribution is 2.34. The first kappa shape index (κ1) is 11.4. The first-order valence-electron chi connectivity index (χ1n) is 5.63. The van der Waals surface area contributed by atoms with Gasteiger partial charge in [0.1, 0.15) is 0 Å². The molecule has 1 aliphatic rings. The van der Waals surface area contributed by atoms with E-state index in [0.717, 1.165) is 24.0 Å². The van der Waals surface area contributed by atoms with Crippen LogP contribution in [0.3, 0.4) is 0 Å². The Kier molecular flexibility index (Phi) is 3.03. The molecular formula is C13H13BrN2S. The van der Waals surface area contributed by atoms with Crippen LogP contribution in [-0.2, 0) is 11.8 Å².